The standard InChI is InChI=1S/C12H18N2O5/c1-12(11(13)18)4-5-14(6-12)9(15)7-2-3-8(19-7)10(16)17/h7-8H,2-6H2,1H3,(H2,13,18)(H,16,17). The van der Waals surface area contributed by atoms with Gasteiger partial charge in [-0.25, -0.2) is 4.79 Å². The first-order valence-corrected chi connectivity index (χ1v) is 6.30. The van der Waals surface area contributed by atoms with Crippen LogP contribution in [0.5, 0.6) is 0 Å². The van der Waals surface area contributed by atoms with Crippen LogP contribution in [-0.4, -0.2) is 53.1 Å². The molecule has 2 aliphatic rings. The lowest BCUT2D eigenvalue weighted by Crippen LogP contribution is -2.42. The molecule has 2 saturated heterocycles. The number of rotatable bonds is 3. The van der Waals surface area contributed by atoms with Crippen molar-refractivity contribution >= 4 is 17.8 Å². The van der Waals surface area contributed by atoms with Gasteiger partial charge in [-0.2, -0.15) is 0 Å². The average molecular weight is 270 g/mol. The van der Waals surface area contributed by atoms with E-state index in [4.69, 9.17) is 15.6 Å². The summed E-state index contributed by atoms with van der Waals surface area (Å²) in [6, 6.07) is 0. The Labute approximate surface area is 110 Å². The van der Waals surface area contributed by atoms with Crippen molar-refractivity contribution in [1.82, 2.24) is 4.90 Å². The minimum atomic E-state index is -1.04. The van der Waals surface area contributed by atoms with Gasteiger partial charge in [0.15, 0.2) is 6.10 Å². The molecule has 0 aromatic heterocycles. The topological polar surface area (TPSA) is 110 Å². The summed E-state index contributed by atoms with van der Waals surface area (Å²) in [4.78, 5) is 35.8. The van der Waals surface area contributed by atoms with Crippen molar-refractivity contribution in [3.8, 4) is 0 Å². The Morgan fingerprint density at radius 2 is 1.95 bits per heavy atom. The van der Waals surface area contributed by atoms with E-state index in [1.54, 1.807) is 11.8 Å². The minimum Gasteiger partial charge on any atom is -0.479 e. The molecule has 3 unspecified atom stereocenters. The number of nitrogens with two attached hydrogens (primary N) is 1. The van der Waals surface area contributed by atoms with Gasteiger partial charge in [0.1, 0.15) is 6.10 Å². The molecule has 7 heteroatoms. The number of carbonyl (C=O) groups is 3. The van der Waals surface area contributed by atoms with Crippen LogP contribution in [0.4, 0.5) is 0 Å². The second kappa shape index (κ2) is 4.80. The van der Waals surface area contributed by atoms with Gasteiger partial charge in [-0.1, -0.05) is 0 Å². The Morgan fingerprint density at radius 1 is 1.32 bits per heavy atom. The summed E-state index contributed by atoms with van der Waals surface area (Å²) in [7, 11) is 0. The van der Waals surface area contributed by atoms with Crippen LogP contribution in [0.1, 0.15) is 26.2 Å². The van der Waals surface area contributed by atoms with Crippen LogP contribution >= 0.6 is 0 Å². The molecule has 3 N–H and O–H groups in total. The summed E-state index contributed by atoms with van der Waals surface area (Å²) < 4.78 is 5.22. The van der Waals surface area contributed by atoms with Gasteiger partial charge in [-0.05, 0) is 26.2 Å². The van der Waals surface area contributed by atoms with E-state index in [1.807, 2.05) is 0 Å². The molecule has 0 bridgehead atoms. The number of amides is 2. The zero-order valence-electron chi connectivity index (χ0n) is 10.8. The number of carbonyl (C=O) groups excluding carboxylic acids is 2. The lowest BCUT2D eigenvalue weighted by Gasteiger charge is -2.23. The zero-order chi connectivity index (χ0) is 14.2. The molecule has 0 saturated carbocycles. The SMILES string of the molecule is CC1(C(N)=O)CCN(C(=O)C2CCC(C(=O)O)O2)C1. The smallest absolute Gasteiger partial charge is 0.332 e. The molecule has 0 radical (unpaired) electrons. The van der Waals surface area contributed by atoms with Gasteiger partial charge in [-0.15, -0.1) is 0 Å². The highest BCUT2D eigenvalue weighted by atomic mass is 16.5. The third kappa shape index (κ3) is 2.56. The van der Waals surface area contributed by atoms with Crippen molar-refractivity contribution in [2.24, 2.45) is 11.1 Å². The van der Waals surface area contributed by atoms with E-state index in [0.29, 0.717) is 25.8 Å². The highest BCUT2D eigenvalue weighted by Crippen LogP contribution is 2.31. The summed E-state index contributed by atoms with van der Waals surface area (Å²) in [5, 5.41) is 8.82. The summed E-state index contributed by atoms with van der Waals surface area (Å²) in [5.74, 6) is -1.70. The summed E-state index contributed by atoms with van der Waals surface area (Å²) in [6.07, 6.45) is -0.342. The van der Waals surface area contributed by atoms with Gasteiger partial charge in [-0.3, -0.25) is 9.59 Å². The molecule has 2 aliphatic heterocycles. The maximum atomic E-state index is 12.2. The van der Waals surface area contributed by atoms with Crippen molar-refractivity contribution in [1.29, 1.82) is 0 Å². The molecule has 3 atom stereocenters. The van der Waals surface area contributed by atoms with Crippen LogP contribution in [-0.2, 0) is 19.1 Å². The molecule has 2 heterocycles. The van der Waals surface area contributed by atoms with Gasteiger partial charge >= 0.3 is 5.97 Å². The van der Waals surface area contributed by atoms with E-state index in [2.05, 4.69) is 0 Å². The van der Waals surface area contributed by atoms with Crippen molar-refractivity contribution in [3.05, 3.63) is 0 Å². The molecule has 2 fully saturated rings. The first kappa shape index (κ1) is 13.8. The maximum Gasteiger partial charge on any atom is 0.332 e. The van der Waals surface area contributed by atoms with Gasteiger partial charge < -0.3 is 20.5 Å². The number of aliphatic carboxylic acids is 1. The van der Waals surface area contributed by atoms with Crippen LogP contribution in [0.25, 0.3) is 0 Å². The Bertz CT molecular complexity index is 424. The second-order valence-electron chi connectivity index (χ2n) is 5.46. The number of hydrogen-bond donors (Lipinski definition) is 2. The number of carboxylic acids is 1. The third-order valence-electron chi connectivity index (χ3n) is 3.95. The summed E-state index contributed by atoms with van der Waals surface area (Å²) >= 11 is 0. The largest absolute Gasteiger partial charge is 0.479 e. The fourth-order valence-electron chi connectivity index (χ4n) is 2.55. The number of nitrogens with zero attached hydrogens (tertiary/aromatic N) is 1. The fraction of sp³-hybridized carbons (Fsp3) is 0.750. The Balaban J connectivity index is 1.96. The Morgan fingerprint density at radius 3 is 2.42 bits per heavy atom. The first-order valence-electron chi connectivity index (χ1n) is 6.30. The lowest BCUT2D eigenvalue weighted by molar-refractivity contribution is -0.154. The molecule has 0 aliphatic carbocycles. The van der Waals surface area contributed by atoms with E-state index in [9.17, 15) is 14.4 Å². The third-order valence-corrected chi connectivity index (χ3v) is 3.95. The average Bonchev–Trinajstić information content (AvgIpc) is 2.95. The minimum absolute atomic E-state index is 0.242. The number of ether oxygens (including phenoxy) is 1. The van der Waals surface area contributed by atoms with Gasteiger partial charge in [0.2, 0.25) is 5.91 Å². The highest BCUT2D eigenvalue weighted by Gasteiger charge is 2.44. The highest BCUT2D eigenvalue weighted by molar-refractivity contribution is 5.86. The van der Waals surface area contributed by atoms with Crippen molar-refractivity contribution in [2.45, 2.75) is 38.4 Å². The Kier molecular flexibility index (Phi) is 3.49. The van der Waals surface area contributed by atoms with Crippen LogP contribution in [0, 0.1) is 5.41 Å². The van der Waals surface area contributed by atoms with Crippen molar-refractivity contribution < 1.29 is 24.2 Å². The molecule has 0 aromatic carbocycles. The molecule has 0 spiro atoms. The molecule has 2 amide bonds. The quantitative estimate of drug-likeness (QED) is 0.707. The van der Waals surface area contributed by atoms with Crippen LogP contribution < -0.4 is 5.73 Å². The molecular formula is C12H18N2O5. The molecule has 106 valence electrons. The second-order valence-corrected chi connectivity index (χ2v) is 5.46. The van der Waals surface area contributed by atoms with Crippen LogP contribution in [0.15, 0.2) is 0 Å². The molecule has 19 heavy (non-hydrogen) atoms. The van der Waals surface area contributed by atoms with Crippen molar-refractivity contribution in [2.75, 3.05) is 13.1 Å². The molecule has 7 nitrogen and oxygen atoms in total. The first-order chi connectivity index (χ1) is 8.83. The van der Waals surface area contributed by atoms with E-state index in [-0.39, 0.29) is 12.5 Å². The van der Waals surface area contributed by atoms with Gasteiger partial charge in [0, 0.05) is 13.1 Å². The number of likely N-dealkylation sites (tertiary alicyclic amines) is 1. The maximum absolute atomic E-state index is 12.2. The molecule has 2 rings (SSSR count). The monoisotopic (exact) mass is 270 g/mol. The van der Waals surface area contributed by atoms with Crippen LogP contribution in [0.3, 0.4) is 0 Å². The predicted molar refractivity (Wildman–Crippen MR) is 64.0 cm³/mol. The van der Waals surface area contributed by atoms with E-state index in [0.717, 1.165) is 0 Å². The number of carboxylic acid groups (broad SMARTS) is 1. The predicted octanol–water partition coefficient (Wildman–Crippen LogP) is -0.657. The summed E-state index contributed by atoms with van der Waals surface area (Å²) in [5.41, 5.74) is 4.63. The van der Waals surface area contributed by atoms with E-state index in [1.165, 1.54) is 0 Å². The summed E-state index contributed by atoms with van der Waals surface area (Å²) in [6.45, 7) is 2.47. The molecular weight excluding hydrogens is 252 g/mol. The van der Waals surface area contributed by atoms with Gasteiger partial charge in [0.25, 0.3) is 5.91 Å². The lowest BCUT2D eigenvalue weighted by atomic mass is 9.89. The number of primary amides is 1. The molecule has 0 aromatic rings. The van der Waals surface area contributed by atoms with E-state index < -0.39 is 29.5 Å². The van der Waals surface area contributed by atoms with Crippen molar-refractivity contribution in [3.63, 3.8) is 0 Å². The van der Waals surface area contributed by atoms with Gasteiger partial charge in [0.05, 0.1) is 5.41 Å². The zero-order valence-corrected chi connectivity index (χ0v) is 10.8. The van der Waals surface area contributed by atoms with E-state index >= 15 is 0 Å². The normalized spacial score (nSPS) is 34.5. The fourth-order valence-corrected chi connectivity index (χ4v) is 2.55. The van der Waals surface area contributed by atoms with Crippen LogP contribution in [0.2, 0.25) is 0 Å². The number of hydrogen-bond acceptors (Lipinski definition) is 4. The Hall–Kier alpha value is -1.63.